The molecule has 3 unspecified atom stereocenters. The van der Waals surface area contributed by atoms with Gasteiger partial charge in [0, 0.05) is 25.1 Å². The van der Waals surface area contributed by atoms with E-state index in [1.54, 1.807) is 19.2 Å². The third-order valence-corrected chi connectivity index (χ3v) is 3.97. The molecule has 1 aliphatic carbocycles. The van der Waals surface area contributed by atoms with E-state index in [1.165, 1.54) is 12.4 Å². The van der Waals surface area contributed by atoms with Crippen LogP contribution in [-0.4, -0.2) is 41.2 Å². The summed E-state index contributed by atoms with van der Waals surface area (Å²) < 4.78 is 5.33. The van der Waals surface area contributed by atoms with Crippen molar-refractivity contribution in [3.8, 4) is 0 Å². The molecule has 0 bridgehead atoms. The second kappa shape index (κ2) is 7.17. The molecule has 1 heterocycles. The number of carboxylic acids is 1. The van der Waals surface area contributed by atoms with Gasteiger partial charge in [-0.3, -0.25) is 9.78 Å². The molecule has 0 spiro atoms. The van der Waals surface area contributed by atoms with Crippen molar-refractivity contribution in [1.82, 2.24) is 10.3 Å². The topological polar surface area (TPSA) is 88.5 Å². The maximum atomic E-state index is 12.1. The van der Waals surface area contributed by atoms with Crippen molar-refractivity contribution >= 4 is 11.9 Å². The Morgan fingerprint density at radius 3 is 2.71 bits per heavy atom. The first-order valence-corrected chi connectivity index (χ1v) is 7.08. The van der Waals surface area contributed by atoms with Gasteiger partial charge < -0.3 is 15.2 Å². The van der Waals surface area contributed by atoms with Gasteiger partial charge in [-0.2, -0.15) is 0 Å². The number of methoxy groups -OCH3 is 1. The van der Waals surface area contributed by atoms with Gasteiger partial charge >= 0.3 is 5.97 Å². The fraction of sp³-hybridized carbons (Fsp3) is 0.533. The van der Waals surface area contributed by atoms with Crippen LogP contribution in [0.25, 0.3) is 0 Å². The molecule has 3 atom stereocenters. The number of carbonyl (C=O) groups is 2. The summed E-state index contributed by atoms with van der Waals surface area (Å²) in [5.41, 5.74) is 0.412. The first kappa shape index (κ1) is 15.4. The lowest BCUT2D eigenvalue weighted by atomic mass is 9.82. The van der Waals surface area contributed by atoms with E-state index in [1.807, 2.05) is 0 Å². The predicted molar refractivity (Wildman–Crippen MR) is 75.9 cm³/mol. The maximum absolute atomic E-state index is 12.1. The van der Waals surface area contributed by atoms with Crippen LogP contribution < -0.4 is 5.32 Å². The van der Waals surface area contributed by atoms with E-state index in [4.69, 9.17) is 4.74 Å². The molecule has 1 amide bonds. The molecule has 1 aromatic rings. The zero-order chi connectivity index (χ0) is 15.2. The van der Waals surface area contributed by atoms with Gasteiger partial charge in [-0.1, -0.05) is 6.42 Å². The summed E-state index contributed by atoms with van der Waals surface area (Å²) in [4.78, 5) is 27.5. The Morgan fingerprint density at radius 1 is 1.38 bits per heavy atom. The maximum Gasteiger partial charge on any atom is 0.326 e. The molecule has 0 radical (unpaired) electrons. The van der Waals surface area contributed by atoms with E-state index >= 15 is 0 Å². The number of amides is 1. The van der Waals surface area contributed by atoms with Crippen LogP contribution in [0.1, 0.15) is 36.0 Å². The number of ether oxygens (including phenoxy) is 1. The van der Waals surface area contributed by atoms with E-state index < -0.39 is 12.0 Å². The normalized spacial score (nSPS) is 23.3. The SMILES string of the molecule is COC1CCCC(C(NC(=O)c2ccncc2)C(=O)O)C1. The Bertz CT molecular complexity index is 492. The highest BCUT2D eigenvalue weighted by Crippen LogP contribution is 2.28. The number of aromatic nitrogens is 1. The number of hydrogen-bond donors (Lipinski definition) is 2. The van der Waals surface area contributed by atoms with Gasteiger partial charge in [-0.25, -0.2) is 4.79 Å². The standard InChI is InChI=1S/C15H20N2O4/c1-21-12-4-2-3-11(9-12)13(15(19)20)17-14(18)10-5-7-16-8-6-10/h5-8,11-13H,2-4,9H2,1H3,(H,17,18)(H,19,20). The molecule has 6 nitrogen and oxygen atoms in total. The highest BCUT2D eigenvalue weighted by Gasteiger charge is 2.34. The Hall–Kier alpha value is -1.95. The number of aliphatic carboxylic acids is 1. The molecule has 2 N–H and O–H groups in total. The monoisotopic (exact) mass is 292 g/mol. The number of nitrogens with one attached hydrogen (secondary N) is 1. The minimum absolute atomic E-state index is 0.0726. The molecular formula is C15H20N2O4. The third-order valence-electron chi connectivity index (χ3n) is 3.97. The summed E-state index contributed by atoms with van der Waals surface area (Å²) in [7, 11) is 1.64. The predicted octanol–water partition coefficient (Wildman–Crippen LogP) is 1.47. The number of rotatable bonds is 5. The fourth-order valence-corrected chi connectivity index (χ4v) is 2.81. The minimum Gasteiger partial charge on any atom is -0.480 e. The molecule has 0 saturated heterocycles. The van der Waals surface area contributed by atoms with Crippen molar-refractivity contribution in [2.45, 2.75) is 37.8 Å². The zero-order valence-corrected chi connectivity index (χ0v) is 12.0. The molecule has 0 aliphatic heterocycles. The van der Waals surface area contributed by atoms with Gasteiger partial charge in [0.25, 0.3) is 5.91 Å². The summed E-state index contributed by atoms with van der Waals surface area (Å²) in [6.45, 7) is 0. The van der Waals surface area contributed by atoms with Gasteiger partial charge in [0.1, 0.15) is 6.04 Å². The highest BCUT2D eigenvalue weighted by molar-refractivity contribution is 5.96. The number of nitrogens with zero attached hydrogens (tertiary/aromatic N) is 1. The van der Waals surface area contributed by atoms with Crippen LogP contribution in [0.15, 0.2) is 24.5 Å². The molecule has 1 aromatic heterocycles. The van der Waals surface area contributed by atoms with Crippen molar-refractivity contribution < 1.29 is 19.4 Å². The van der Waals surface area contributed by atoms with Crippen LogP contribution in [0.3, 0.4) is 0 Å². The van der Waals surface area contributed by atoms with Crippen LogP contribution in [0, 0.1) is 5.92 Å². The Balaban J connectivity index is 2.05. The van der Waals surface area contributed by atoms with Crippen molar-refractivity contribution in [3.63, 3.8) is 0 Å². The minimum atomic E-state index is -1.00. The Morgan fingerprint density at radius 2 is 2.10 bits per heavy atom. The first-order valence-electron chi connectivity index (χ1n) is 7.08. The molecule has 0 aromatic carbocycles. The lowest BCUT2D eigenvalue weighted by Crippen LogP contribution is -2.48. The Labute approximate surface area is 123 Å². The van der Waals surface area contributed by atoms with Crippen LogP contribution in [0.5, 0.6) is 0 Å². The number of hydrogen-bond acceptors (Lipinski definition) is 4. The van der Waals surface area contributed by atoms with Crippen molar-refractivity contribution in [3.05, 3.63) is 30.1 Å². The summed E-state index contributed by atoms with van der Waals surface area (Å²) in [6.07, 6.45) is 6.38. The van der Waals surface area contributed by atoms with E-state index in [0.29, 0.717) is 12.0 Å². The van der Waals surface area contributed by atoms with Crippen molar-refractivity contribution in [2.75, 3.05) is 7.11 Å². The second-order valence-electron chi connectivity index (χ2n) is 5.31. The van der Waals surface area contributed by atoms with Gasteiger partial charge in [0.05, 0.1) is 6.10 Å². The Kier molecular flexibility index (Phi) is 5.27. The third kappa shape index (κ3) is 4.01. The zero-order valence-electron chi connectivity index (χ0n) is 12.0. The highest BCUT2D eigenvalue weighted by atomic mass is 16.5. The van der Waals surface area contributed by atoms with E-state index in [2.05, 4.69) is 10.3 Å². The van der Waals surface area contributed by atoms with Gasteiger partial charge in [-0.05, 0) is 37.3 Å². The molecule has 114 valence electrons. The van der Waals surface area contributed by atoms with Crippen molar-refractivity contribution in [1.29, 1.82) is 0 Å². The fourth-order valence-electron chi connectivity index (χ4n) is 2.81. The van der Waals surface area contributed by atoms with Crippen LogP contribution >= 0.6 is 0 Å². The summed E-state index contributed by atoms with van der Waals surface area (Å²) >= 11 is 0. The smallest absolute Gasteiger partial charge is 0.326 e. The van der Waals surface area contributed by atoms with Crippen LogP contribution in [0.4, 0.5) is 0 Å². The van der Waals surface area contributed by atoms with E-state index in [0.717, 1.165) is 19.3 Å². The van der Waals surface area contributed by atoms with Crippen LogP contribution in [0.2, 0.25) is 0 Å². The lowest BCUT2D eigenvalue weighted by Gasteiger charge is -2.32. The molecular weight excluding hydrogens is 272 g/mol. The second-order valence-corrected chi connectivity index (χ2v) is 5.31. The first-order chi connectivity index (χ1) is 10.1. The van der Waals surface area contributed by atoms with E-state index in [-0.39, 0.29) is 17.9 Å². The largest absolute Gasteiger partial charge is 0.480 e. The quantitative estimate of drug-likeness (QED) is 0.858. The average molecular weight is 292 g/mol. The van der Waals surface area contributed by atoms with Gasteiger partial charge in [0.15, 0.2) is 0 Å². The lowest BCUT2D eigenvalue weighted by molar-refractivity contribution is -0.141. The summed E-state index contributed by atoms with van der Waals surface area (Å²) in [5.74, 6) is -1.49. The molecule has 1 aliphatic rings. The van der Waals surface area contributed by atoms with Gasteiger partial charge in [0.2, 0.25) is 0 Å². The molecule has 2 rings (SSSR count). The average Bonchev–Trinajstić information content (AvgIpc) is 2.53. The summed E-state index contributed by atoms with van der Waals surface area (Å²) in [5, 5.41) is 12.0. The molecule has 1 fully saturated rings. The molecule has 6 heteroatoms. The van der Waals surface area contributed by atoms with Crippen molar-refractivity contribution in [2.24, 2.45) is 5.92 Å². The van der Waals surface area contributed by atoms with Crippen LogP contribution in [-0.2, 0) is 9.53 Å². The number of pyridine rings is 1. The summed E-state index contributed by atoms with van der Waals surface area (Å²) in [6, 6.07) is 2.24. The number of carbonyl (C=O) groups excluding carboxylic acids is 1. The van der Waals surface area contributed by atoms with E-state index in [9.17, 15) is 14.7 Å². The molecule has 1 saturated carbocycles. The molecule has 21 heavy (non-hydrogen) atoms. The number of carboxylic acid groups (broad SMARTS) is 1. The van der Waals surface area contributed by atoms with Gasteiger partial charge in [-0.15, -0.1) is 0 Å².